The summed E-state index contributed by atoms with van der Waals surface area (Å²) in [5.41, 5.74) is 2.26. The summed E-state index contributed by atoms with van der Waals surface area (Å²) in [6.07, 6.45) is 3.22. The molecular formula is C13H10N6. The third-order valence-corrected chi connectivity index (χ3v) is 2.81. The van der Waals surface area contributed by atoms with E-state index in [-0.39, 0.29) is 0 Å². The molecule has 0 aliphatic rings. The molecule has 3 aromatic rings. The monoisotopic (exact) mass is 250 g/mol. The van der Waals surface area contributed by atoms with E-state index in [1.807, 2.05) is 19.2 Å². The summed E-state index contributed by atoms with van der Waals surface area (Å²) in [7, 11) is 1.83. The third kappa shape index (κ3) is 1.98. The zero-order valence-corrected chi connectivity index (χ0v) is 10.2. The lowest BCUT2D eigenvalue weighted by Crippen LogP contribution is -1.97. The average Bonchev–Trinajstić information content (AvgIpc) is 2.83. The highest BCUT2D eigenvalue weighted by Crippen LogP contribution is 2.22. The van der Waals surface area contributed by atoms with Crippen molar-refractivity contribution in [2.24, 2.45) is 7.05 Å². The molecule has 2 aromatic heterocycles. The summed E-state index contributed by atoms with van der Waals surface area (Å²) in [5.74, 6) is 0.697. The standard InChI is InChI=1S/C13H10N6/c1-19-13-11(7-17-19)12(15-8-16-13)18-10-4-2-9(6-14)3-5-10/h2-5,7-8H,1H3,(H,15,16,18). The van der Waals surface area contributed by atoms with Crippen molar-refractivity contribution in [3.63, 3.8) is 0 Å². The lowest BCUT2D eigenvalue weighted by molar-refractivity contribution is 0.785. The Morgan fingerprint density at radius 3 is 2.74 bits per heavy atom. The van der Waals surface area contributed by atoms with Gasteiger partial charge in [-0.1, -0.05) is 0 Å². The topological polar surface area (TPSA) is 79.4 Å². The van der Waals surface area contributed by atoms with Crippen LogP contribution in [0.5, 0.6) is 0 Å². The van der Waals surface area contributed by atoms with Crippen molar-refractivity contribution in [3.05, 3.63) is 42.4 Å². The van der Waals surface area contributed by atoms with Crippen LogP contribution >= 0.6 is 0 Å². The first-order valence-corrected chi connectivity index (χ1v) is 5.68. The van der Waals surface area contributed by atoms with Gasteiger partial charge in [0.1, 0.15) is 12.1 Å². The number of benzene rings is 1. The van der Waals surface area contributed by atoms with Gasteiger partial charge >= 0.3 is 0 Å². The summed E-state index contributed by atoms with van der Waals surface area (Å²) < 4.78 is 1.70. The zero-order valence-electron chi connectivity index (χ0n) is 10.2. The van der Waals surface area contributed by atoms with Gasteiger partial charge in [-0.3, -0.25) is 4.68 Å². The van der Waals surface area contributed by atoms with E-state index in [4.69, 9.17) is 5.26 Å². The first kappa shape index (κ1) is 11.2. The molecule has 0 spiro atoms. The van der Waals surface area contributed by atoms with Crippen LogP contribution in [0.15, 0.2) is 36.8 Å². The Labute approximate surface area is 109 Å². The summed E-state index contributed by atoms with van der Waals surface area (Å²) in [6, 6.07) is 9.26. The molecule has 6 heteroatoms. The minimum atomic E-state index is 0.625. The number of aromatic nitrogens is 4. The molecule has 0 aliphatic heterocycles. The highest BCUT2D eigenvalue weighted by atomic mass is 15.3. The lowest BCUT2D eigenvalue weighted by atomic mass is 10.2. The van der Waals surface area contributed by atoms with E-state index < -0.39 is 0 Å². The molecule has 0 aliphatic carbocycles. The Kier molecular flexibility index (Phi) is 2.58. The number of hydrogen-bond donors (Lipinski definition) is 1. The second-order valence-corrected chi connectivity index (χ2v) is 4.04. The average molecular weight is 250 g/mol. The number of rotatable bonds is 2. The molecule has 19 heavy (non-hydrogen) atoms. The van der Waals surface area contributed by atoms with E-state index in [0.717, 1.165) is 16.7 Å². The molecule has 3 rings (SSSR count). The second-order valence-electron chi connectivity index (χ2n) is 4.04. The quantitative estimate of drug-likeness (QED) is 0.752. The summed E-state index contributed by atoms with van der Waals surface area (Å²) in [6.45, 7) is 0. The van der Waals surface area contributed by atoms with Gasteiger partial charge in [0, 0.05) is 12.7 Å². The predicted octanol–water partition coefficient (Wildman–Crippen LogP) is 1.98. The molecule has 0 fully saturated rings. The number of fused-ring (bicyclic) bond motifs is 1. The van der Waals surface area contributed by atoms with Crippen LogP contribution in [-0.4, -0.2) is 19.7 Å². The van der Waals surface area contributed by atoms with Crippen LogP contribution in [0.1, 0.15) is 5.56 Å². The van der Waals surface area contributed by atoms with Crippen LogP contribution in [0.2, 0.25) is 0 Å². The Hall–Kier alpha value is -2.94. The van der Waals surface area contributed by atoms with Crippen LogP contribution in [0.3, 0.4) is 0 Å². The molecule has 2 heterocycles. The van der Waals surface area contributed by atoms with Gasteiger partial charge in [-0.25, -0.2) is 9.97 Å². The molecule has 0 atom stereocenters. The van der Waals surface area contributed by atoms with Gasteiger partial charge in [-0.2, -0.15) is 10.4 Å². The van der Waals surface area contributed by atoms with Crippen LogP contribution in [0.4, 0.5) is 11.5 Å². The predicted molar refractivity (Wildman–Crippen MR) is 70.7 cm³/mol. The van der Waals surface area contributed by atoms with Gasteiger partial charge in [0.2, 0.25) is 0 Å². The molecule has 0 unspecified atom stereocenters. The van der Waals surface area contributed by atoms with Gasteiger partial charge in [0.15, 0.2) is 5.65 Å². The molecule has 0 amide bonds. The molecule has 6 nitrogen and oxygen atoms in total. The van der Waals surface area contributed by atoms with Crippen molar-refractivity contribution >= 4 is 22.5 Å². The van der Waals surface area contributed by atoms with Gasteiger partial charge in [0.05, 0.1) is 23.2 Å². The second kappa shape index (κ2) is 4.38. The molecule has 92 valence electrons. The fourth-order valence-corrected chi connectivity index (χ4v) is 1.83. The molecular weight excluding hydrogens is 240 g/mol. The van der Waals surface area contributed by atoms with Crippen LogP contribution in [0, 0.1) is 11.3 Å². The normalized spacial score (nSPS) is 10.3. The van der Waals surface area contributed by atoms with E-state index in [1.165, 1.54) is 6.33 Å². The highest BCUT2D eigenvalue weighted by molar-refractivity contribution is 5.88. The first-order valence-electron chi connectivity index (χ1n) is 5.68. The maximum atomic E-state index is 8.76. The Morgan fingerprint density at radius 2 is 2.00 bits per heavy atom. The maximum absolute atomic E-state index is 8.76. The number of hydrogen-bond acceptors (Lipinski definition) is 5. The van der Waals surface area contributed by atoms with Crippen molar-refractivity contribution in [1.82, 2.24) is 19.7 Å². The summed E-state index contributed by atoms with van der Waals surface area (Å²) >= 11 is 0. The fraction of sp³-hybridized carbons (Fsp3) is 0.0769. The number of aryl methyl sites for hydroxylation is 1. The lowest BCUT2D eigenvalue weighted by Gasteiger charge is -2.06. The van der Waals surface area contributed by atoms with Crippen molar-refractivity contribution in [3.8, 4) is 6.07 Å². The third-order valence-electron chi connectivity index (χ3n) is 2.81. The summed E-state index contributed by atoms with van der Waals surface area (Å²) in [4.78, 5) is 8.39. The molecule has 0 bridgehead atoms. The Morgan fingerprint density at radius 1 is 1.21 bits per heavy atom. The molecule has 1 aromatic carbocycles. The smallest absolute Gasteiger partial charge is 0.163 e. The van der Waals surface area contributed by atoms with Gasteiger partial charge in [-0.05, 0) is 24.3 Å². The van der Waals surface area contributed by atoms with E-state index >= 15 is 0 Å². The van der Waals surface area contributed by atoms with Crippen molar-refractivity contribution < 1.29 is 0 Å². The number of nitriles is 1. The SMILES string of the molecule is Cn1ncc2c(Nc3ccc(C#N)cc3)ncnc21. The van der Waals surface area contributed by atoms with Gasteiger partial charge < -0.3 is 5.32 Å². The van der Waals surface area contributed by atoms with Crippen LogP contribution < -0.4 is 5.32 Å². The minimum Gasteiger partial charge on any atom is -0.340 e. The number of nitrogens with zero attached hydrogens (tertiary/aromatic N) is 5. The zero-order chi connectivity index (χ0) is 13.2. The Bertz CT molecular complexity index is 766. The molecule has 1 N–H and O–H groups in total. The molecule has 0 saturated carbocycles. The van der Waals surface area contributed by atoms with E-state index in [2.05, 4.69) is 26.5 Å². The van der Waals surface area contributed by atoms with Gasteiger partial charge in [-0.15, -0.1) is 0 Å². The van der Waals surface area contributed by atoms with E-state index in [9.17, 15) is 0 Å². The Balaban J connectivity index is 1.98. The van der Waals surface area contributed by atoms with E-state index in [0.29, 0.717) is 11.4 Å². The van der Waals surface area contributed by atoms with Crippen LogP contribution in [-0.2, 0) is 7.05 Å². The largest absolute Gasteiger partial charge is 0.340 e. The first-order chi connectivity index (χ1) is 9.28. The maximum Gasteiger partial charge on any atom is 0.163 e. The number of nitrogens with one attached hydrogen (secondary N) is 1. The van der Waals surface area contributed by atoms with Crippen LogP contribution in [0.25, 0.3) is 11.0 Å². The van der Waals surface area contributed by atoms with Crippen molar-refractivity contribution in [2.75, 3.05) is 5.32 Å². The van der Waals surface area contributed by atoms with Crippen molar-refractivity contribution in [1.29, 1.82) is 5.26 Å². The van der Waals surface area contributed by atoms with Crippen molar-refractivity contribution in [2.45, 2.75) is 0 Å². The van der Waals surface area contributed by atoms with E-state index in [1.54, 1.807) is 23.0 Å². The number of anilines is 2. The molecule has 0 radical (unpaired) electrons. The molecule has 0 saturated heterocycles. The van der Waals surface area contributed by atoms with Gasteiger partial charge in [0.25, 0.3) is 0 Å². The fourth-order valence-electron chi connectivity index (χ4n) is 1.83. The highest BCUT2D eigenvalue weighted by Gasteiger charge is 2.07. The minimum absolute atomic E-state index is 0.625. The summed E-state index contributed by atoms with van der Waals surface area (Å²) in [5, 5.41) is 17.0.